The summed E-state index contributed by atoms with van der Waals surface area (Å²) in [5.74, 6) is 0. The number of benzene rings is 3. The average Bonchev–Trinajstić information content (AvgIpc) is 3.27. The third-order valence-corrected chi connectivity index (χ3v) is 6.97. The van der Waals surface area contributed by atoms with E-state index in [4.69, 9.17) is 0 Å². The maximum atomic E-state index is 2.53. The Balaban J connectivity index is 1.71. The maximum absolute atomic E-state index is 2.53. The second kappa shape index (κ2) is 4.89. The van der Waals surface area contributed by atoms with Crippen LogP contribution in [0.5, 0.6) is 0 Å². The van der Waals surface area contributed by atoms with E-state index in [1.807, 2.05) is 0 Å². The van der Waals surface area contributed by atoms with Crippen LogP contribution in [0.2, 0.25) is 0 Å². The van der Waals surface area contributed by atoms with Crippen molar-refractivity contribution in [3.8, 4) is 0 Å². The van der Waals surface area contributed by atoms with Gasteiger partial charge in [0.05, 0.1) is 0 Å². The molecule has 0 nitrogen and oxygen atoms in total. The summed E-state index contributed by atoms with van der Waals surface area (Å²) in [4.78, 5) is 0. The maximum Gasteiger partial charge on any atom is -0.00634 e. The van der Waals surface area contributed by atoms with Crippen molar-refractivity contribution >= 4 is 34.6 Å². The Hall–Kier alpha value is -2.86. The molecule has 4 aliphatic carbocycles. The van der Waals surface area contributed by atoms with Crippen LogP contribution in [0.15, 0.2) is 48.0 Å². The van der Waals surface area contributed by atoms with Crippen molar-refractivity contribution in [1.29, 1.82) is 0 Å². The van der Waals surface area contributed by atoms with E-state index in [1.54, 1.807) is 16.7 Å². The molecule has 0 heterocycles. The molecule has 3 aromatic carbocycles. The van der Waals surface area contributed by atoms with Crippen LogP contribution < -0.4 is 10.4 Å². The van der Waals surface area contributed by atoms with Crippen LogP contribution in [-0.4, -0.2) is 0 Å². The molecule has 0 bridgehead atoms. The van der Waals surface area contributed by atoms with Crippen LogP contribution in [0.4, 0.5) is 0 Å². The van der Waals surface area contributed by atoms with E-state index in [0.717, 1.165) is 6.42 Å². The van der Waals surface area contributed by atoms with Gasteiger partial charge in [0.15, 0.2) is 0 Å². The highest BCUT2D eigenvalue weighted by Gasteiger charge is 2.24. The average molecular weight is 344 g/mol. The number of hydrogen-bond acceptors (Lipinski definition) is 0. The van der Waals surface area contributed by atoms with Crippen molar-refractivity contribution in [2.75, 3.05) is 0 Å². The molecule has 0 N–H and O–H groups in total. The number of allylic oxidation sites excluding steroid dienone is 3. The molecule has 0 saturated carbocycles. The van der Waals surface area contributed by atoms with Gasteiger partial charge >= 0.3 is 0 Å². The molecule has 0 saturated heterocycles. The number of hydrogen-bond donors (Lipinski definition) is 0. The molecule has 27 heavy (non-hydrogen) atoms. The van der Waals surface area contributed by atoms with Gasteiger partial charge in [-0.15, -0.1) is 0 Å². The van der Waals surface area contributed by atoms with Crippen molar-refractivity contribution in [2.45, 2.75) is 32.1 Å². The number of fused-ring (bicyclic) bond motifs is 6. The van der Waals surface area contributed by atoms with E-state index in [0.29, 0.717) is 0 Å². The smallest absolute Gasteiger partial charge is 0.00634 e. The summed E-state index contributed by atoms with van der Waals surface area (Å²) in [5.41, 5.74) is 9.17. The van der Waals surface area contributed by atoms with Gasteiger partial charge in [0.25, 0.3) is 0 Å². The van der Waals surface area contributed by atoms with Crippen molar-refractivity contribution in [1.82, 2.24) is 0 Å². The Kier molecular flexibility index (Phi) is 2.58. The first-order chi connectivity index (χ1) is 13.4. The molecule has 0 atom stereocenters. The van der Waals surface area contributed by atoms with E-state index >= 15 is 0 Å². The highest BCUT2D eigenvalue weighted by Crippen LogP contribution is 2.40. The fourth-order valence-corrected chi connectivity index (χ4v) is 5.78. The summed E-state index contributed by atoms with van der Waals surface area (Å²) in [6, 6.07) is 13.8. The van der Waals surface area contributed by atoms with Crippen LogP contribution in [-0.2, 0) is 6.42 Å². The fourth-order valence-electron chi connectivity index (χ4n) is 5.78. The minimum atomic E-state index is 1.06. The van der Waals surface area contributed by atoms with Gasteiger partial charge in [0.2, 0.25) is 0 Å². The summed E-state index contributed by atoms with van der Waals surface area (Å²) >= 11 is 0. The molecule has 0 aromatic heterocycles. The predicted octanol–water partition coefficient (Wildman–Crippen LogP) is 4.96. The highest BCUT2D eigenvalue weighted by molar-refractivity contribution is 6.04. The summed E-state index contributed by atoms with van der Waals surface area (Å²) in [6.45, 7) is 0. The number of rotatable bonds is 0. The molecule has 0 fully saturated rings. The van der Waals surface area contributed by atoms with Gasteiger partial charge in [0.1, 0.15) is 0 Å². The Bertz CT molecular complexity index is 1480. The molecule has 0 radical (unpaired) electrons. The minimum absolute atomic E-state index is 1.06. The fraction of sp³-hybridized carbons (Fsp3) is 0.185. The van der Waals surface area contributed by atoms with Crippen molar-refractivity contribution < 1.29 is 0 Å². The zero-order valence-corrected chi connectivity index (χ0v) is 15.3. The van der Waals surface area contributed by atoms with Crippen molar-refractivity contribution in [2.24, 2.45) is 0 Å². The van der Waals surface area contributed by atoms with Crippen LogP contribution in [0, 0.1) is 10.4 Å². The molecule has 0 amide bonds. The first-order valence-electron chi connectivity index (χ1n) is 10.2. The van der Waals surface area contributed by atoms with Crippen LogP contribution in [0.3, 0.4) is 0 Å². The lowest BCUT2D eigenvalue weighted by molar-refractivity contribution is 0.731. The van der Waals surface area contributed by atoms with Gasteiger partial charge in [-0.1, -0.05) is 42.5 Å². The van der Waals surface area contributed by atoms with E-state index in [1.165, 1.54) is 74.0 Å². The van der Waals surface area contributed by atoms with Crippen LogP contribution >= 0.6 is 0 Å². The Morgan fingerprint density at radius 2 is 1.78 bits per heavy atom. The van der Waals surface area contributed by atoms with E-state index in [-0.39, 0.29) is 0 Å². The molecule has 4 aliphatic rings. The summed E-state index contributed by atoms with van der Waals surface area (Å²) in [5, 5.41) is 8.64. The minimum Gasteiger partial charge on any atom is -0.0795 e. The predicted molar refractivity (Wildman–Crippen MR) is 113 cm³/mol. The SMILES string of the molecule is C1=Cc2cc3c(c4cc5c(c(c24)C1)=CC1=C5CCCC1)C=c1ccccc1=3. The van der Waals surface area contributed by atoms with E-state index in [2.05, 4.69) is 60.7 Å². The van der Waals surface area contributed by atoms with Crippen LogP contribution in [0.1, 0.15) is 47.9 Å². The lowest BCUT2D eigenvalue weighted by Crippen LogP contribution is -2.15. The Labute approximate surface area is 158 Å². The highest BCUT2D eigenvalue weighted by atomic mass is 14.3. The largest absolute Gasteiger partial charge is 0.0795 e. The molecule has 0 heteroatoms. The topological polar surface area (TPSA) is 0 Å². The van der Waals surface area contributed by atoms with Crippen LogP contribution in [0.25, 0.3) is 34.6 Å². The Morgan fingerprint density at radius 3 is 2.78 bits per heavy atom. The normalized spacial score (nSPS) is 17.9. The van der Waals surface area contributed by atoms with E-state index < -0.39 is 0 Å². The first-order valence-corrected chi connectivity index (χ1v) is 10.2. The molecule has 0 spiro atoms. The molecule has 7 rings (SSSR count). The molecular formula is C27H20. The zero-order chi connectivity index (χ0) is 17.5. The lowest BCUT2D eigenvalue weighted by Gasteiger charge is -2.19. The summed E-state index contributed by atoms with van der Waals surface area (Å²) < 4.78 is 0. The second-order valence-corrected chi connectivity index (χ2v) is 8.36. The zero-order valence-electron chi connectivity index (χ0n) is 15.3. The molecule has 128 valence electrons. The molecule has 3 aromatic rings. The molecular weight excluding hydrogens is 324 g/mol. The Morgan fingerprint density at radius 1 is 0.852 bits per heavy atom. The first kappa shape index (κ1) is 14.2. The van der Waals surface area contributed by atoms with Gasteiger partial charge in [0, 0.05) is 0 Å². The monoisotopic (exact) mass is 344 g/mol. The summed E-state index contributed by atoms with van der Waals surface area (Å²) in [6.07, 6.45) is 15.9. The lowest BCUT2D eigenvalue weighted by atomic mass is 9.85. The third kappa shape index (κ3) is 1.74. The van der Waals surface area contributed by atoms with Gasteiger partial charge in [-0.2, -0.15) is 0 Å². The van der Waals surface area contributed by atoms with Crippen molar-refractivity contribution in [3.05, 3.63) is 91.2 Å². The van der Waals surface area contributed by atoms with E-state index in [9.17, 15) is 0 Å². The summed E-state index contributed by atoms with van der Waals surface area (Å²) in [7, 11) is 0. The third-order valence-electron chi connectivity index (χ3n) is 6.97. The second-order valence-electron chi connectivity index (χ2n) is 8.36. The standard InChI is InChI=1S/C27H20/c1-3-9-19-17(7-1)13-24-22(19)14-18-8-5-11-21-23-12-16-6-2-4-10-20(16)25(23)15-26(24)27(18)21/h1,3,5,7-9,12-15H,2,4,6,10-11H2. The molecule has 0 aliphatic heterocycles. The van der Waals surface area contributed by atoms with Gasteiger partial charge in [-0.05, 0) is 115 Å². The van der Waals surface area contributed by atoms with Crippen molar-refractivity contribution in [3.63, 3.8) is 0 Å². The van der Waals surface area contributed by atoms with Gasteiger partial charge < -0.3 is 0 Å². The molecule has 0 unspecified atom stereocenters. The van der Waals surface area contributed by atoms with Gasteiger partial charge in [-0.3, -0.25) is 0 Å². The quantitative estimate of drug-likeness (QED) is 0.423. The van der Waals surface area contributed by atoms with Gasteiger partial charge in [-0.25, -0.2) is 0 Å².